The Hall–Kier alpha value is -2.89. The third-order valence-electron chi connectivity index (χ3n) is 3.82. The van der Waals surface area contributed by atoms with Gasteiger partial charge in [-0.25, -0.2) is 9.59 Å². The number of anilines is 1. The van der Waals surface area contributed by atoms with Gasteiger partial charge >= 0.3 is 12.0 Å². The molecule has 2 aromatic carbocycles. The third-order valence-corrected chi connectivity index (χ3v) is 3.82. The molecule has 3 amide bonds. The number of esters is 1. The molecule has 3 rings (SSSR count). The van der Waals surface area contributed by atoms with Crippen LogP contribution >= 0.6 is 0 Å². The van der Waals surface area contributed by atoms with Crippen molar-refractivity contribution in [3.05, 3.63) is 42.0 Å². The molecule has 0 atom stereocenters. The van der Waals surface area contributed by atoms with Crippen LogP contribution in [0.15, 0.2) is 36.4 Å². The van der Waals surface area contributed by atoms with Crippen molar-refractivity contribution in [2.24, 2.45) is 0 Å². The highest BCUT2D eigenvalue weighted by Gasteiger charge is 2.24. The summed E-state index contributed by atoms with van der Waals surface area (Å²) in [6, 6.07) is 10.4. The molecular formula is C19H20N2O4. The van der Waals surface area contributed by atoms with Crippen molar-refractivity contribution in [2.75, 3.05) is 11.4 Å². The van der Waals surface area contributed by atoms with E-state index in [0.29, 0.717) is 17.8 Å². The summed E-state index contributed by atoms with van der Waals surface area (Å²) < 4.78 is 5.40. The maximum atomic E-state index is 12.2. The molecule has 1 N–H and O–H groups in total. The first-order chi connectivity index (χ1) is 11.7. The van der Waals surface area contributed by atoms with Gasteiger partial charge in [-0.1, -0.05) is 12.1 Å². The molecule has 130 valence electrons. The smallest absolute Gasteiger partial charge is 0.338 e. The van der Waals surface area contributed by atoms with Crippen LogP contribution in [-0.4, -0.2) is 30.1 Å². The number of rotatable bonds is 2. The minimum Gasteiger partial charge on any atom is -0.456 e. The number of benzene rings is 2. The molecule has 0 aliphatic carbocycles. The number of ether oxygens (including phenoxy) is 1. The predicted molar refractivity (Wildman–Crippen MR) is 94.6 cm³/mol. The number of imide groups is 1. The number of hydrogen-bond donors (Lipinski definition) is 1. The van der Waals surface area contributed by atoms with E-state index in [1.807, 2.05) is 45.0 Å². The number of hydrogen-bond acceptors (Lipinski definition) is 4. The van der Waals surface area contributed by atoms with Crippen molar-refractivity contribution in [3.63, 3.8) is 0 Å². The van der Waals surface area contributed by atoms with Crippen LogP contribution in [0.5, 0.6) is 0 Å². The Morgan fingerprint density at radius 3 is 2.48 bits per heavy atom. The van der Waals surface area contributed by atoms with E-state index >= 15 is 0 Å². The number of nitrogens with one attached hydrogen (secondary N) is 1. The van der Waals surface area contributed by atoms with Gasteiger partial charge < -0.3 is 4.74 Å². The Labute approximate surface area is 145 Å². The van der Waals surface area contributed by atoms with Crippen LogP contribution in [0.1, 0.15) is 37.6 Å². The molecule has 1 fully saturated rings. The second-order valence-corrected chi connectivity index (χ2v) is 7.00. The molecule has 1 aliphatic rings. The van der Waals surface area contributed by atoms with E-state index in [-0.39, 0.29) is 18.3 Å². The molecule has 0 spiro atoms. The highest BCUT2D eigenvalue weighted by Crippen LogP contribution is 2.25. The molecule has 0 radical (unpaired) electrons. The zero-order valence-electron chi connectivity index (χ0n) is 14.5. The van der Waals surface area contributed by atoms with E-state index in [9.17, 15) is 14.4 Å². The minimum absolute atomic E-state index is 0.266. The molecule has 2 aromatic rings. The Morgan fingerprint density at radius 1 is 1.08 bits per heavy atom. The van der Waals surface area contributed by atoms with Crippen molar-refractivity contribution in [1.82, 2.24) is 5.32 Å². The van der Waals surface area contributed by atoms with Gasteiger partial charge in [-0.15, -0.1) is 0 Å². The fraction of sp³-hybridized carbons (Fsp3) is 0.316. The molecule has 0 bridgehead atoms. The Morgan fingerprint density at radius 2 is 1.80 bits per heavy atom. The average molecular weight is 340 g/mol. The van der Waals surface area contributed by atoms with Gasteiger partial charge in [-0.2, -0.15) is 0 Å². The SMILES string of the molecule is CC(C)(C)OC(=O)c1ccc2ccc(N3CCC(=O)NC3=O)cc2c1. The number of carbonyl (C=O) groups is 3. The highest BCUT2D eigenvalue weighted by molar-refractivity contribution is 6.06. The van der Waals surface area contributed by atoms with Gasteiger partial charge in [0, 0.05) is 18.7 Å². The monoisotopic (exact) mass is 340 g/mol. The molecule has 1 aliphatic heterocycles. The number of amides is 3. The van der Waals surface area contributed by atoms with E-state index in [0.717, 1.165) is 10.8 Å². The van der Waals surface area contributed by atoms with Gasteiger partial charge in [-0.05, 0) is 55.8 Å². The summed E-state index contributed by atoms with van der Waals surface area (Å²) in [5.41, 5.74) is 0.573. The summed E-state index contributed by atoms with van der Waals surface area (Å²) in [4.78, 5) is 37.0. The van der Waals surface area contributed by atoms with Crippen LogP contribution in [0.25, 0.3) is 10.8 Å². The molecule has 1 saturated heterocycles. The van der Waals surface area contributed by atoms with Crippen molar-refractivity contribution >= 4 is 34.4 Å². The van der Waals surface area contributed by atoms with Crippen LogP contribution < -0.4 is 10.2 Å². The first-order valence-electron chi connectivity index (χ1n) is 8.11. The zero-order valence-corrected chi connectivity index (χ0v) is 14.5. The minimum atomic E-state index is -0.563. The lowest BCUT2D eigenvalue weighted by Gasteiger charge is -2.26. The predicted octanol–water partition coefficient (Wildman–Crippen LogP) is 3.24. The molecule has 0 unspecified atom stereocenters. The first kappa shape index (κ1) is 17.0. The number of urea groups is 1. The summed E-state index contributed by atoms with van der Waals surface area (Å²) in [6.45, 7) is 5.79. The van der Waals surface area contributed by atoms with Gasteiger partial charge in [0.05, 0.1) is 5.56 Å². The van der Waals surface area contributed by atoms with Gasteiger partial charge in [0.1, 0.15) is 5.60 Å². The molecular weight excluding hydrogens is 320 g/mol. The highest BCUT2D eigenvalue weighted by atomic mass is 16.6. The fourth-order valence-electron chi connectivity index (χ4n) is 2.68. The normalized spacial score (nSPS) is 15.2. The van der Waals surface area contributed by atoms with Gasteiger partial charge in [-0.3, -0.25) is 15.0 Å². The number of fused-ring (bicyclic) bond motifs is 1. The fourth-order valence-corrected chi connectivity index (χ4v) is 2.68. The molecule has 0 saturated carbocycles. The Balaban J connectivity index is 1.92. The lowest BCUT2D eigenvalue weighted by molar-refractivity contribution is -0.120. The first-order valence-corrected chi connectivity index (χ1v) is 8.11. The van der Waals surface area contributed by atoms with E-state index in [4.69, 9.17) is 4.74 Å². The van der Waals surface area contributed by atoms with E-state index in [2.05, 4.69) is 5.32 Å². The largest absolute Gasteiger partial charge is 0.456 e. The topological polar surface area (TPSA) is 75.7 Å². The quantitative estimate of drug-likeness (QED) is 0.852. The molecule has 0 aromatic heterocycles. The van der Waals surface area contributed by atoms with Gasteiger partial charge in [0.25, 0.3) is 0 Å². The maximum absolute atomic E-state index is 12.2. The Bertz CT molecular complexity index is 867. The Kier molecular flexibility index (Phi) is 4.20. The standard InChI is InChI=1S/C19H20N2O4/c1-19(2,3)25-17(23)13-5-4-12-6-7-15(11-14(12)10-13)21-9-8-16(22)20-18(21)24/h4-7,10-11H,8-9H2,1-3H3,(H,20,22,24). The second-order valence-electron chi connectivity index (χ2n) is 7.00. The summed E-state index contributed by atoms with van der Waals surface area (Å²) in [5.74, 6) is -0.657. The van der Waals surface area contributed by atoms with E-state index in [1.165, 1.54) is 4.90 Å². The molecule has 6 nitrogen and oxygen atoms in total. The van der Waals surface area contributed by atoms with Crippen LogP contribution in [0.2, 0.25) is 0 Å². The summed E-state index contributed by atoms with van der Waals surface area (Å²) in [7, 11) is 0. The van der Waals surface area contributed by atoms with Gasteiger partial charge in [0.2, 0.25) is 5.91 Å². The lowest BCUT2D eigenvalue weighted by atomic mass is 10.1. The van der Waals surface area contributed by atoms with Crippen molar-refractivity contribution in [1.29, 1.82) is 0 Å². The van der Waals surface area contributed by atoms with E-state index in [1.54, 1.807) is 12.1 Å². The molecule has 1 heterocycles. The molecule has 25 heavy (non-hydrogen) atoms. The number of nitrogens with zero attached hydrogens (tertiary/aromatic N) is 1. The third kappa shape index (κ3) is 3.79. The summed E-state index contributed by atoms with van der Waals surface area (Å²) in [5, 5.41) is 4.08. The number of carbonyl (C=O) groups excluding carboxylic acids is 3. The van der Waals surface area contributed by atoms with Crippen LogP contribution in [0.3, 0.4) is 0 Å². The van der Waals surface area contributed by atoms with Crippen molar-refractivity contribution in [2.45, 2.75) is 32.8 Å². The lowest BCUT2D eigenvalue weighted by Crippen LogP contribution is -2.49. The van der Waals surface area contributed by atoms with Crippen LogP contribution in [0.4, 0.5) is 10.5 Å². The zero-order chi connectivity index (χ0) is 18.2. The average Bonchev–Trinajstić information content (AvgIpc) is 2.52. The van der Waals surface area contributed by atoms with Crippen molar-refractivity contribution < 1.29 is 19.1 Å². The second kappa shape index (κ2) is 6.20. The summed E-state index contributed by atoms with van der Waals surface area (Å²) in [6.07, 6.45) is 0.266. The van der Waals surface area contributed by atoms with Crippen molar-refractivity contribution in [3.8, 4) is 0 Å². The molecule has 6 heteroatoms. The van der Waals surface area contributed by atoms with Crippen LogP contribution in [-0.2, 0) is 9.53 Å². The summed E-state index contributed by atoms with van der Waals surface area (Å²) >= 11 is 0. The van der Waals surface area contributed by atoms with E-state index < -0.39 is 11.6 Å². The van der Waals surface area contributed by atoms with Crippen LogP contribution in [0, 0.1) is 0 Å². The maximum Gasteiger partial charge on any atom is 0.338 e. The van der Waals surface area contributed by atoms with Gasteiger partial charge in [0.15, 0.2) is 0 Å².